The van der Waals surface area contributed by atoms with Gasteiger partial charge in [0.15, 0.2) is 0 Å². The third-order valence-electron chi connectivity index (χ3n) is 5.18. The van der Waals surface area contributed by atoms with Crippen molar-refractivity contribution >= 4 is 11.6 Å². The van der Waals surface area contributed by atoms with E-state index in [1.54, 1.807) is 12.1 Å². The molecule has 2 fully saturated rings. The molecule has 104 valence electrons. The van der Waals surface area contributed by atoms with Crippen molar-refractivity contribution in [2.45, 2.75) is 38.5 Å². The zero-order valence-electron chi connectivity index (χ0n) is 11.3. The molecule has 4 atom stereocenters. The molecule has 0 radical (unpaired) electrons. The first-order chi connectivity index (χ1) is 9.24. The molecule has 2 bridgehead atoms. The summed E-state index contributed by atoms with van der Waals surface area (Å²) in [5, 5.41) is 0. The number of rotatable bonds is 5. The molecule has 4 unspecified atom stereocenters. The van der Waals surface area contributed by atoms with E-state index in [1.807, 2.05) is 12.1 Å². The SMILES string of the molecule is Fc1ccc(CC(CCl)CC2CC3CCC2C3)cc1. The maximum absolute atomic E-state index is 12.9. The molecule has 0 heterocycles. The molecule has 0 saturated heterocycles. The summed E-state index contributed by atoms with van der Waals surface area (Å²) in [5.74, 6) is 4.02. The van der Waals surface area contributed by atoms with Gasteiger partial charge in [-0.1, -0.05) is 18.6 Å². The monoisotopic (exact) mass is 280 g/mol. The van der Waals surface area contributed by atoms with E-state index in [4.69, 9.17) is 11.6 Å². The van der Waals surface area contributed by atoms with E-state index in [0.717, 1.165) is 30.1 Å². The Morgan fingerprint density at radius 1 is 1.16 bits per heavy atom. The molecule has 0 nitrogen and oxygen atoms in total. The number of hydrogen-bond donors (Lipinski definition) is 0. The average molecular weight is 281 g/mol. The molecule has 2 heteroatoms. The lowest BCUT2D eigenvalue weighted by atomic mass is 9.81. The molecule has 2 aliphatic rings. The highest BCUT2D eigenvalue weighted by atomic mass is 35.5. The van der Waals surface area contributed by atoms with Crippen molar-refractivity contribution in [1.29, 1.82) is 0 Å². The fourth-order valence-corrected chi connectivity index (χ4v) is 4.48. The van der Waals surface area contributed by atoms with Gasteiger partial charge >= 0.3 is 0 Å². The highest BCUT2D eigenvalue weighted by molar-refractivity contribution is 6.18. The maximum Gasteiger partial charge on any atom is 0.123 e. The summed E-state index contributed by atoms with van der Waals surface area (Å²) in [4.78, 5) is 0. The summed E-state index contributed by atoms with van der Waals surface area (Å²) in [7, 11) is 0. The van der Waals surface area contributed by atoms with Crippen LogP contribution in [-0.2, 0) is 6.42 Å². The molecule has 2 aliphatic carbocycles. The average Bonchev–Trinajstić information content (AvgIpc) is 3.03. The lowest BCUT2D eigenvalue weighted by Gasteiger charge is -2.25. The van der Waals surface area contributed by atoms with Crippen molar-refractivity contribution < 1.29 is 4.39 Å². The summed E-state index contributed by atoms with van der Waals surface area (Å²) < 4.78 is 12.9. The van der Waals surface area contributed by atoms with Crippen molar-refractivity contribution in [1.82, 2.24) is 0 Å². The summed E-state index contributed by atoms with van der Waals surface area (Å²) in [6.45, 7) is 0. The van der Waals surface area contributed by atoms with E-state index in [-0.39, 0.29) is 5.82 Å². The molecule has 0 aliphatic heterocycles. The number of halogens is 2. The molecule has 0 spiro atoms. The molecule has 1 aromatic carbocycles. The minimum Gasteiger partial charge on any atom is -0.207 e. The van der Waals surface area contributed by atoms with E-state index in [1.165, 1.54) is 37.7 Å². The maximum atomic E-state index is 12.9. The first-order valence-electron chi connectivity index (χ1n) is 7.55. The fraction of sp³-hybridized carbons (Fsp3) is 0.647. The van der Waals surface area contributed by atoms with Gasteiger partial charge < -0.3 is 0 Å². The van der Waals surface area contributed by atoms with Crippen molar-refractivity contribution in [2.24, 2.45) is 23.7 Å². The van der Waals surface area contributed by atoms with Gasteiger partial charge in [-0.3, -0.25) is 0 Å². The third kappa shape index (κ3) is 3.13. The Hall–Kier alpha value is -0.560. The van der Waals surface area contributed by atoms with Crippen LogP contribution in [0.1, 0.15) is 37.7 Å². The molecular formula is C17H22ClF. The standard InChI is InChI=1S/C17H22ClF/c18-11-14(7-12-2-5-17(19)6-3-12)10-16-9-13-1-4-15(16)8-13/h2-3,5-6,13-16H,1,4,7-11H2. The second kappa shape index (κ2) is 5.83. The van der Waals surface area contributed by atoms with Crippen LogP contribution in [0.2, 0.25) is 0 Å². The minimum absolute atomic E-state index is 0.153. The largest absolute Gasteiger partial charge is 0.207 e. The van der Waals surface area contributed by atoms with Gasteiger partial charge in [0, 0.05) is 5.88 Å². The zero-order chi connectivity index (χ0) is 13.2. The third-order valence-corrected chi connectivity index (χ3v) is 5.61. The summed E-state index contributed by atoms with van der Waals surface area (Å²) >= 11 is 6.16. The number of benzene rings is 1. The van der Waals surface area contributed by atoms with Gasteiger partial charge in [0.05, 0.1) is 0 Å². The molecule has 0 amide bonds. The van der Waals surface area contributed by atoms with Gasteiger partial charge in [0.2, 0.25) is 0 Å². The van der Waals surface area contributed by atoms with Gasteiger partial charge in [-0.05, 0) is 73.5 Å². The highest BCUT2D eigenvalue weighted by Crippen LogP contribution is 2.50. The first kappa shape index (κ1) is 13.4. The van der Waals surface area contributed by atoms with Crippen LogP contribution in [0.4, 0.5) is 4.39 Å². The molecule has 0 N–H and O–H groups in total. The number of alkyl halides is 1. The van der Waals surface area contributed by atoms with Crippen LogP contribution in [0.3, 0.4) is 0 Å². The Morgan fingerprint density at radius 2 is 1.95 bits per heavy atom. The highest BCUT2D eigenvalue weighted by Gasteiger charge is 2.39. The van der Waals surface area contributed by atoms with Gasteiger partial charge in [0.25, 0.3) is 0 Å². The van der Waals surface area contributed by atoms with Crippen LogP contribution in [0.15, 0.2) is 24.3 Å². The molecule has 19 heavy (non-hydrogen) atoms. The second-order valence-electron chi connectivity index (χ2n) is 6.52. The Kier molecular flexibility index (Phi) is 4.12. The second-order valence-corrected chi connectivity index (χ2v) is 6.83. The Balaban J connectivity index is 1.57. The van der Waals surface area contributed by atoms with E-state index < -0.39 is 0 Å². The van der Waals surface area contributed by atoms with Gasteiger partial charge in [-0.2, -0.15) is 0 Å². The summed E-state index contributed by atoms with van der Waals surface area (Å²) in [6, 6.07) is 6.90. The summed E-state index contributed by atoms with van der Waals surface area (Å²) in [5.41, 5.74) is 1.22. The number of fused-ring (bicyclic) bond motifs is 2. The van der Waals surface area contributed by atoms with Gasteiger partial charge in [-0.25, -0.2) is 4.39 Å². The molecule has 0 aromatic heterocycles. The smallest absolute Gasteiger partial charge is 0.123 e. The van der Waals surface area contributed by atoms with Crippen LogP contribution < -0.4 is 0 Å². The lowest BCUT2D eigenvalue weighted by molar-refractivity contribution is 0.276. The summed E-state index contributed by atoms with van der Waals surface area (Å²) in [6.07, 6.45) is 8.07. The zero-order valence-corrected chi connectivity index (χ0v) is 12.1. The molecule has 1 aromatic rings. The Morgan fingerprint density at radius 3 is 2.53 bits per heavy atom. The Labute approximate surface area is 120 Å². The van der Waals surface area contributed by atoms with E-state index in [0.29, 0.717) is 5.92 Å². The van der Waals surface area contributed by atoms with Crippen LogP contribution in [-0.4, -0.2) is 5.88 Å². The molecular weight excluding hydrogens is 259 g/mol. The van der Waals surface area contributed by atoms with Gasteiger partial charge in [0.1, 0.15) is 5.82 Å². The van der Waals surface area contributed by atoms with Gasteiger partial charge in [-0.15, -0.1) is 11.6 Å². The van der Waals surface area contributed by atoms with Crippen molar-refractivity contribution in [3.05, 3.63) is 35.6 Å². The topological polar surface area (TPSA) is 0 Å². The van der Waals surface area contributed by atoms with E-state index >= 15 is 0 Å². The number of hydrogen-bond acceptors (Lipinski definition) is 0. The van der Waals surface area contributed by atoms with Crippen LogP contribution in [0, 0.1) is 29.5 Å². The van der Waals surface area contributed by atoms with E-state index in [2.05, 4.69) is 0 Å². The first-order valence-corrected chi connectivity index (χ1v) is 8.08. The predicted molar refractivity (Wildman–Crippen MR) is 77.9 cm³/mol. The van der Waals surface area contributed by atoms with Crippen LogP contribution in [0.25, 0.3) is 0 Å². The van der Waals surface area contributed by atoms with E-state index in [9.17, 15) is 4.39 Å². The fourth-order valence-electron chi connectivity index (χ4n) is 4.25. The van der Waals surface area contributed by atoms with Crippen molar-refractivity contribution in [3.8, 4) is 0 Å². The van der Waals surface area contributed by atoms with Crippen molar-refractivity contribution in [2.75, 3.05) is 5.88 Å². The predicted octanol–water partition coefficient (Wildman–Crippen LogP) is 5.05. The minimum atomic E-state index is -0.153. The van der Waals surface area contributed by atoms with Crippen molar-refractivity contribution in [3.63, 3.8) is 0 Å². The quantitative estimate of drug-likeness (QED) is 0.662. The normalized spacial score (nSPS) is 30.7. The lowest BCUT2D eigenvalue weighted by Crippen LogP contribution is -2.18. The van der Waals surface area contributed by atoms with Crippen LogP contribution >= 0.6 is 11.6 Å². The van der Waals surface area contributed by atoms with Crippen LogP contribution in [0.5, 0.6) is 0 Å². The molecule has 2 saturated carbocycles. The Bertz CT molecular complexity index is 414. The molecule has 3 rings (SSSR count).